The minimum Gasteiger partial charge on any atom is -0.489 e. The highest BCUT2D eigenvalue weighted by Crippen LogP contribution is 2.32. The second-order valence-electron chi connectivity index (χ2n) is 13.3. The van der Waals surface area contributed by atoms with Crippen LogP contribution in [0.4, 0.5) is 11.9 Å². The first-order valence-electron chi connectivity index (χ1n) is 17.9. The Labute approximate surface area is 316 Å². The van der Waals surface area contributed by atoms with Crippen LogP contribution in [0.2, 0.25) is 0 Å². The van der Waals surface area contributed by atoms with Crippen molar-refractivity contribution in [2.24, 2.45) is 11.5 Å². The van der Waals surface area contributed by atoms with E-state index in [1.54, 1.807) is 61.0 Å². The molecular formula is C38H44N12O5. The number of nitrogens with zero attached hydrogens (tertiary/aromatic N) is 8. The molecule has 0 aliphatic heterocycles. The Balaban J connectivity index is 1.38. The van der Waals surface area contributed by atoms with E-state index in [1.165, 1.54) is 0 Å². The molecule has 17 nitrogen and oxygen atoms in total. The Kier molecular flexibility index (Phi) is 10.8. The predicted molar refractivity (Wildman–Crippen MR) is 207 cm³/mol. The van der Waals surface area contributed by atoms with Crippen molar-refractivity contribution in [3.63, 3.8) is 0 Å². The number of nitrogens with one attached hydrogen (secondary N) is 2. The zero-order valence-electron chi connectivity index (χ0n) is 31.6. The summed E-state index contributed by atoms with van der Waals surface area (Å²) < 4.78 is 13.0. The molecule has 0 aliphatic rings. The van der Waals surface area contributed by atoms with Crippen LogP contribution in [0.15, 0.2) is 54.6 Å². The number of hydrogen-bond donors (Lipinski definition) is 4. The van der Waals surface area contributed by atoms with Gasteiger partial charge in [0.05, 0.1) is 34.0 Å². The fourth-order valence-electron chi connectivity index (χ4n) is 6.32. The summed E-state index contributed by atoms with van der Waals surface area (Å²) in [4.78, 5) is 60.8. The van der Waals surface area contributed by atoms with Crippen LogP contribution < -0.4 is 26.8 Å². The first kappa shape index (κ1) is 38.0. The summed E-state index contributed by atoms with van der Waals surface area (Å²) in [5.74, 6) is -1.23. The lowest BCUT2D eigenvalue weighted by molar-refractivity contribution is 0.0991. The maximum absolute atomic E-state index is 13.6. The highest BCUT2D eigenvalue weighted by Gasteiger charge is 2.23. The second-order valence-corrected chi connectivity index (χ2v) is 13.3. The number of hydrogen-bond acceptors (Lipinski definition) is 9. The van der Waals surface area contributed by atoms with Crippen molar-refractivity contribution in [1.82, 2.24) is 38.7 Å². The Morgan fingerprint density at radius 3 is 1.93 bits per heavy atom. The van der Waals surface area contributed by atoms with Crippen molar-refractivity contribution in [3.05, 3.63) is 88.5 Å². The lowest BCUT2D eigenvalue weighted by Crippen LogP contribution is -2.20. The third kappa shape index (κ3) is 7.95. The predicted octanol–water partition coefficient (Wildman–Crippen LogP) is 4.57. The molecule has 6 N–H and O–H groups in total. The molecule has 4 heterocycles. The van der Waals surface area contributed by atoms with Gasteiger partial charge in [0.1, 0.15) is 22.7 Å². The molecule has 0 saturated carbocycles. The number of amides is 4. The molecule has 2 aromatic carbocycles. The number of imidazole rings is 2. The van der Waals surface area contributed by atoms with E-state index in [0.29, 0.717) is 63.7 Å². The lowest BCUT2D eigenvalue weighted by Gasteiger charge is -2.15. The maximum atomic E-state index is 13.6. The molecule has 0 saturated heterocycles. The SMILES string of the molecule is CCCn1nc(C)cc1C(=O)Nc1nc2cc(C(N)=O)ccc2n1C/C=C/Cn1c(NC(=O)c2cc(C)nn2CC)nc2cc(C(N)=O)cc(OC(C)C)c21. The van der Waals surface area contributed by atoms with Crippen molar-refractivity contribution in [3.8, 4) is 5.75 Å². The van der Waals surface area contributed by atoms with E-state index in [0.717, 1.165) is 6.42 Å². The summed E-state index contributed by atoms with van der Waals surface area (Å²) in [6.07, 6.45) is 4.28. The summed E-state index contributed by atoms with van der Waals surface area (Å²) in [5.41, 5.74) is 15.9. The van der Waals surface area contributed by atoms with Crippen molar-refractivity contribution >= 4 is 57.6 Å². The highest BCUT2D eigenvalue weighted by atomic mass is 16.5. The fraction of sp³-hybridized carbons (Fsp3) is 0.316. The van der Waals surface area contributed by atoms with E-state index in [9.17, 15) is 19.2 Å². The molecule has 4 aromatic heterocycles. The van der Waals surface area contributed by atoms with Crippen LogP contribution in [-0.2, 0) is 26.2 Å². The van der Waals surface area contributed by atoms with Crippen molar-refractivity contribution in [2.75, 3.05) is 10.6 Å². The van der Waals surface area contributed by atoms with Gasteiger partial charge in [0, 0.05) is 37.3 Å². The average molecular weight is 749 g/mol. The summed E-state index contributed by atoms with van der Waals surface area (Å²) in [5, 5.41) is 14.7. The smallest absolute Gasteiger partial charge is 0.276 e. The van der Waals surface area contributed by atoms with Crippen LogP contribution in [-0.4, -0.2) is 68.4 Å². The molecule has 0 radical (unpaired) electrons. The van der Waals surface area contributed by atoms with Gasteiger partial charge in [-0.05, 0) is 83.5 Å². The Morgan fingerprint density at radius 2 is 1.33 bits per heavy atom. The van der Waals surface area contributed by atoms with E-state index in [4.69, 9.17) is 21.2 Å². The monoisotopic (exact) mass is 748 g/mol. The Hall–Kier alpha value is -6.78. The van der Waals surface area contributed by atoms with E-state index >= 15 is 0 Å². The number of benzene rings is 2. The van der Waals surface area contributed by atoms with Gasteiger partial charge in [0.25, 0.3) is 11.8 Å². The largest absolute Gasteiger partial charge is 0.489 e. The molecule has 6 aromatic rings. The van der Waals surface area contributed by atoms with Gasteiger partial charge in [-0.15, -0.1) is 0 Å². The maximum Gasteiger partial charge on any atom is 0.276 e. The molecular weight excluding hydrogens is 704 g/mol. The van der Waals surface area contributed by atoms with Crippen LogP contribution >= 0.6 is 0 Å². The lowest BCUT2D eigenvalue weighted by atomic mass is 10.1. The number of carbonyl (C=O) groups is 4. The summed E-state index contributed by atoms with van der Waals surface area (Å²) >= 11 is 0. The third-order valence-electron chi connectivity index (χ3n) is 8.68. The first-order valence-corrected chi connectivity index (χ1v) is 17.9. The molecule has 0 fully saturated rings. The van der Waals surface area contributed by atoms with Crippen LogP contribution in [0.25, 0.3) is 22.1 Å². The molecule has 6 rings (SSSR count). The van der Waals surface area contributed by atoms with E-state index in [1.807, 2.05) is 53.7 Å². The number of aromatic nitrogens is 8. The number of nitrogens with two attached hydrogens (primary N) is 2. The molecule has 55 heavy (non-hydrogen) atoms. The minimum absolute atomic E-state index is 0.204. The van der Waals surface area contributed by atoms with E-state index < -0.39 is 17.7 Å². The van der Waals surface area contributed by atoms with Gasteiger partial charge >= 0.3 is 0 Å². The first-order chi connectivity index (χ1) is 26.3. The minimum atomic E-state index is -0.652. The molecule has 17 heteroatoms. The van der Waals surface area contributed by atoms with Gasteiger partial charge in [0.15, 0.2) is 0 Å². The van der Waals surface area contributed by atoms with Gasteiger partial charge in [-0.25, -0.2) is 9.97 Å². The number of anilines is 2. The standard InChI is InChI=1S/C38H44N12O5/c1-7-13-50-30(17-23(6)46-50)36(54)43-37-41-26-18-24(33(39)51)11-12-28(26)47(37)14-9-10-15-48-32-27(19-25(34(40)52)20-31(32)55-21(3)4)42-38(48)44-35(53)29-16-22(5)45-49(29)8-2/h9-12,16-21H,7-8,13-15H2,1-6H3,(H2,39,51)(H2,40,52)(H,41,43,54)(H,42,44,53)/b10-9+. The summed E-state index contributed by atoms with van der Waals surface area (Å²) in [6, 6.07) is 11.4. The highest BCUT2D eigenvalue weighted by molar-refractivity contribution is 6.05. The molecule has 0 atom stereocenters. The number of fused-ring (bicyclic) bond motifs is 2. The van der Waals surface area contributed by atoms with Gasteiger partial charge in [-0.1, -0.05) is 19.1 Å². The molecule has 4 amide bonds. The average Bonchev–Trinajstić information content (AvgIpc) is 3.88. The Morgan fingerprint density at radius 1 is 0.764 bits per heavy atom. The van der Waals surface area contributed by atoms with Crippen molar-refractivity contribution in [1.29, 1.82) is 0 Å². The molecule has 0 unspecified atom stereocenters. The second kappa shape index (κ2) is 15.7. The molecule has 0 aliphatic carbocycles. The Bertz CT molecular complexity index is 2480. The van der Waals surface area contributed by atoms with Crippen LogP contribution in [0, 0.1) is 13.8 Å². The summed E-state index contributed by atoms with van der Waals surface area (Å²) in [7, 11) is 0. The van der Waals surface area contributed by atoms with Crippen LogP contribution in [0.1, 0.15) is 87.2 Å². The normalized spacial score (nSPS) is 11.6. The topological polar surface area (TPSA) is 225 Å². The van der Waals surface area contributed by atoms with Gasteiger partial charge in [0.2, 0.25) is 23.7 Å². The van der Waals surface area contributed by atoms with Crippen LogP contribution in [0.3, 0.4) is 0 Å². The number of aryl methyl sites for hydroxylation is 4. The number of rotatable bonds is 15. The van der Waals surface area contributed by atoms with Crippen LogP contribution in [0.5, 0.6) is 5.75 Å². The molecule has 0 spiro atoms. The summed E-state index contributed by atoms with van der Waals surface area (Å²) in [6.45, 7) is 12.8. The van der Waals surface area contributed by atoms with Gasteiger partial charge in [-0.3, -0.25) is 39.2 Å². The number of primary amides is 2. The zero-order valence-corrected chi connectivity index (χ0v) is 31.6. The fourth-order valence-corrected chi connectivity index (χ4v) is 6.32. The number of allylic oxidation sites excluding steroid dienone is 2. The van der Waals surface area contributed by atoms with Gasteiger partial charge in [-0.2, -0.15) is 10.2 Å². The zero-order chi connectivity index (χ0) is 39.6. The third-order valence-corrected chi connectivity index (χ3v) is 8.68. The van der Waals surface area contributed by atoms with E-state index in [-0.39, 0.29) is 48.1 Å². The van der Waals surface area contributed by atoms with E-state index in [2.05, 4.69) is 25.8 Å². The molecule has 0 bridgehead atoms. The number of ether oxygens (including phenoxy) is 1. The molecule has 286 valence electrons. The quantitative estimate of drug-likeness (QED) is 0.108. The van der Waals surface area contributed by atoms with Crippen molar-refractivity contribution in [2.45, 2.75) is 80.2 Å². The van der Waals surface area contributed by atoms with Gasteiger partial charge < -0.3 is 25.3 Å². The van der Waals surface area contributed by atoms with Crippen molar-refractivity contribution < 1.29 is 23.9 Å². The number of carbonyl (C=O) groups excluding carboxylic acids is 4.